The van der Waals surface area contributed by atoms with Crippen LogP contribution in [-0.2, 0) is 12.7 Å². The van der Waals surface area contributed by atoms with Crippen LogP contribution in [0.2, 0.25) is 0 Å². The zero-order valence-electron chi connectivity index (χ0n) is 20.3. The van der Waals surface area contributed by atoms with Gasteiger partial charge < -0.3 is 15.0 Å². The number of alkyl halides is 3. The first-order valence-electron chi connectivity index (χ1n) is 12.0. The first-order chi connectivity index (χ1) is 16.8. The molecule has 0 atom stereocenters. The molecular weight excluding hydrogens is 495 g/mol. The van der Waals surface area contributed by atoms with Crippen molar-refractivity contribution in [3.05, 3.63) is 53.9 Å². The van der Waals surface area contributed by atoms with Crippen molar-refractivity contribution in [3.8, 4) is 5.75 Å². The van der Waals surface area contributed by atoms with E-state index in [4.69, 9.17) is 4.74 Å². The standard InChI is InChI=1S/C25H32F3N5O2.ClH/c1-35-22-6-3-2-5-21(22)30-24(34)33-12-4-11-32(15-16-33)20-9-13-31(14-10-20)18-19-7-8-23(29-17-19)25(26,27)28;/h2-3,5-8,17,20H,4,9-16,18H2,1H3,(H,30,34);1H. The summed E-state index contributed by atoms with van der Waals surface area (Å²) in [6.45, 7) is 5.53. The number of anilines is 1. The third kappa shape index (κ3) is 7.24. The number of nitrogens with zero attached hydrogens (tertiary/aromatic N) is 4. The number of nitrogens with one attached hydrogen (secondary N) is 1. The van der Waals surface area contributed by atoms with Gasteiger partial charge in [-0.1, -0.05) is 18.2 Å². The van der Waals surface area contributed by atoms with Crippen LogP contribution in [0.4, 0.5) is 23.7 Å². The minimum absolute atomic E-state index is 0. The van der Waals surface area contributed by atoms with Gasteiger partial charge in [0.05, 0.1) is 12.8 Å². The Bertz CT molecular complexity index is 984. The molecule has 2 fully saturated rings. The number of ether oxygens (including phenoxy) is 1. The maximum Gasteiger partial charge on any atom is 0.433 e. The highest BCUT2D eigenvalue weighted by molar-refractivity contribution is 5.91. The summed E-state index contributed by atoms with van der Waals surface area (Å²) in [7, 11) is 1.58. The quantitative estimate of drug-likeness (QED) is 0.609. The molecular formula is C25H33ClF3N5O2. The van der Waals surface area contributed by atoms with Gasteiger partial charge in [0.15, 0.2) is 0 Å². The molecule has 1 aromatic heterocycles. The zero-order chi connectivity index (χ0) is 24.8. The van der Waals surface area contributed by atoms with Gasteiger partial charge in [0.25, 0.3) is 0 Å². The second-order valence-electron chi connectivity index (χ2n) is 9.06. The number of benzene rings is 1. The molecule has 2 amide bonds. The number of likely N-dealkylation sites (tertiary alicyclic amines) is 1. The zero-order valence-corrected chi connectivity index (χ0v) is 21.2. The summed E-state index contributed by atoms with van der Waals surface area (Å²) in [6, 6.07) is 10.3. The highest BCUT2D eigenvalue weighted by atomic mass is 35.5. The summed E-state index contributed by atoms with van der Waals surface area (Å²) in [5.74, 6) is 0.635. The van der Waals surface area contributed by atoms with E-state index >= 15 is 0 Å². The average Bonchev–Trinajstić information content (AvgIpc) is 3.11. The Balaban J connectivity index is 0.00000361. The maximum atomic E-state index is 12.8. The lowest BCUT2D eigenvalue weighted by molar-refractivity contribution is -0.141. The number of rotatable bonds is 5. The molecule has 36 heavy (non-hydrogen) atoms. The van der Waals surface area contributed by atoms with E-state index in [2.05, 4.69) is 20.1 Å². The number of para-hydroxylation sites is 2. The number of halogens is 4. The number of hydrogen-bond acceptors (Lipinski definition) is 5. The fraction of sp³-hybridized carbons (Fsp3) is 0.520. The fourth-order valence-corrected chi connectivity index (χ4v) is 4.83. The summed E-state index contributed by atoms with van der Waals surface area (Å²) in [5, 5.41) is 2.96. The van der Waals surface area contributed by atoms with Crippen molar-refractivity contribution >= 4 is 24.1 Å². The number of pyridine rings is 1. The third-order valence-electron chi connectivity index (χ3n) is 6.76. The minimum atomic E-state index is -4.41. The molecule has 1 N–H and O–H groups in total. The largest absolute Gasteiger partial charge is 0.495 e. The number of aromatic nitrogens is 1. The summed E-state index contributed by atoms with van der Waals surface area (Å²) < 4.78 is 43.5. The van der Waals surface area contributed by atoms with E-state index in [1.807, 2.05) is 29.2 Å². The molecule has 3 heterocycles. The van der Waals surface area contributed by atoms with Crippen LogP contribution in [0.15, 0.2) is 42.6 Å². The Labute approximate surface area is 216 Å². The third-order valence-corrected chi connectivity index (χ3v) is 6.76. The van der Waals surface area contributed by atoms with Crippen molar-refractivity contribution in [1.82, 2.24) is 19.7 Å². The van der Waals surface area contributed by atoms with Crippen molar-refractivity contribution in [3.63, 3.8) is 0 Å². The van der Waals surface area contributed by atoms with Gasteiger partial charge in [-0.25, -0.2) is 4.79 Å². The van der Waals surface area contributed by atoms with Gasteiger partial charge in [0.1, 0.15) is 11.4 Å². The molecule has 0 radical (unpaired) electrons. The van der Waals surface area contributed by atoms with Crippen LogP contribution in [0.25, 0.3) is 0 Å². The van der Waals surface area contributed by atoms with Crippen molar-refractivity contribution < 1.29 is 22.7 Å². The summed E-state index contributed by atoms with van der Waals surface area (Å²) in [5.41, 5.74) is 0.603. The highest BCUT2D eigenvalue weighted by Crippen LogP contribution is 2.28. The van der Waals surface area contributed by atoms with Gasteiger partial charge in [-0.15, -0.1) is 12.4 Å². The predicted molar refractivity (Wildman–Crippen MR) is 135 cm³/mol. The highest BCUT2D eigenvalue weighted by Gasteiger charge is 2.32. The first-order valence-corrected chi connectivity index (χ1v) is 12.0. The normalized spacial score (nSPS) is 18.3. The van der Waals surface area contributed by atoms with E-state index in [1.165, 1.54) is 12.3 Å². The topological polar surface area (TPSA) is 60.9 Å². The van der Waals surface area contributed by atoms with Crippen LogP contribution >= 0.6 is 12.4 Å². The number of carbonyl (C=O) groups excluding carboxylic acids is 1. The van der Waals surface area contributed by atoms with Crippen LogP contribution in [-0.4, -0.2) is 78.1 Å². The molecule has 0 aliphatic carbocycles. The van der Waals surface area contributed by atoms with Crippen molar-refractivity contribution in [2.24, 2.45) is 0 Å². The molecule has 2 aliphatic heterocycles. The number of piperidine rings is 1. The average molecular weight is 528 g/mol. The Morgan fingerprint density at radius 2 is 1.81 bits per heavy atom. The Morgan fingerprint density at radius 3 is 2.47 bits per heavy atom. The molecule has 0 spiro atoms. The van der Waals surface area contributed by atoms with E-state index in [1.54, 1.807) is 7.11 Å². The van der Waals surface area contributed by atoms with Gasteiger partial charge in [-0.3, -0.25) is 14.8 Å². The first kappa shape index (κ1) is 28.0. The Morgan fingerprint density at radius 1 is 1.06 bits per heavy atom. The van der Waals surface area contributed by atoms with Gasteiger partial charge in [0.2, 0.25) is 0 Å². The molecule has 2 aromatic rings. The molecule has 0 saturated carbocycles. The van der Waals surface area contributed by atoms with Crippen LogP contribution in [0.1, 0.15) is 30.5 Å². The molecule has 0 unspecified atom stereocenters. The molecule has 11 heteroatoms. The summed E-state index contributed by atoms with van der Waals surface area (Å²) in [4.78, 5) is 23.0. The minimum Gasteiger partial charge on any atom is -0.495 e. The van der Waals surface area contributed by atoms with Crippen molar-refractivity contribution in [2.45, 2.75) is 38.0 Å². The second kappa shape index (κ2) is 12.6. The van der Waals surface area contributed by atoms with E-state index < -0.39 is 11.9 Å². The van der Waals surface area contributed by atoms with Crippen molar-refractivity contribution in [2.75, 3.05) is 51.7 Å². The second-order valence-corrected chi connectivity index (χ2v) is 9.06. The van der Waals surface area contributed by atoms with Gasteiger partial charge in [-0.2, -0.15) is 13.2 Å². The Hall–Kier alpha value is -2.56. The monoisotopic (exact) mass is 527 g/mol. The lowest BCUT2D eigenvalue weighted by Gasteiger charge is -2.38. The van der Waals surface area contributed by atoms with Crippen LogP contribution in [0.3, 0.4) is 0 Å². The number of hydrogen-bond donors (Lipinski definition) is 1. The molecule has 198 valence electrons. The lowest BCUT2D eigenvalue weighted by atomic mass is 10.0. The Kier molecular flexibility index (Phi) is 9.81. The molecule has 4 rings (SSSR count). The summed E-state index contributed by atoms with van der Waals surface area (Å²) in [6.07, 6.45) is -0.164. The number of carbonyl (C=O) groups is 1. The fourth-order valence-electron chi connectivity index (χ4n) is 4.83. The molecule has 0 bridgehead atoms. The maximum absolute atomic E-state index is 12.8. The lowest BCUT2D eigenvalue weighted by Crippen LogP contribution is -2.46. The van der Waals surface area contributed by atoms with E-state index in [9.17, 15) is 18.0 Å². The number of amides is 2. The van der Waals surface area contributed by atoms with Crippen LogP contribution < -0.4 is 10.1 Å². The molecule has 1 aromatic carbocycles. The van der Waals surface area contributed by atoms with Gasteiger partial charge >= 0.3 is 12.2 Å². The molecule has 7 nitrogen and oxygen atoms in total. The number of methoxy groups -OCH3 is 1. The van der Waals surface area contributed by atoms with Gasteiger partial charge in [-0.05, 0) is 56.1 Å². The van der Waals surface area contributed by atoms with Crippen LogP contribution in [0, 0.1) is 0 Å². The SMILES string of the molecule is COc1ccccc1NC(=O)N1CCCN(C2CCN(Cc3ccc(C(F)(F)F)nc3)CC2)CC1.Cl. The van der Waals surface area contributed by atoms with Crippen molar-refractivity contribution in [1.29, 1.82) is 0 Å². The summed E-state index contributed by atoms with van der Waals surface area (Å²) >= 11 is 0. The van der Waals surface area contributed by atoms with E-state index in [-0.39, 0.29) is 18.4 Å². The van der Waals surface area contributed by atoms with Crippen LogP contribution in [0.5, 0.6) is 5.75 Å². The van der Waals surface area contributed by atoms with E-state index in [0.29, 0.717) is 37.1 Å². The number of urea groups is 1. The smallest absolute Gasteiger partial charge is 0.433 e. The molecule has 2 saturated heterocycles. The van der Waals surface area contributed by atoms with Gasteiger partial charge in [0, 0.05) is 45.0 Å². The van der Waals surface area contributed by atoms with E-state index in [0.717, 1.165) is 57.1 Å². The molecule has 2 aliphatic rings. The predicted octanol–water partition coefficient (Wildman–Crippen LogP) is 4.74.